The third-order valence-electron chi connectivity index (χ3n) is 3.10. The zero-order chi connectivity index (χ0) is 13.7. The number of hydrogen-bond donors (Lipinski definition) is 2. The Hall–Kier alpha value is -0.980. The highest BCUT2D eigenvalue weighted by Crippen LogP contribution is 2.25. The van der Waals surface area contributed by atoms with E-state index in [0.717, 1.165) is 25.2 Å². The number of thiophene rings is 1. The van der Waals surface area contributed by atoms with Gasteiger partial charge in [0, 0.05) is 34.4 Å². The third kappa shape index (κ3) is 3.99. The minimum Gasteiger partial charge on any atom is -0.312 e. The van der Waals surface area contributed by atoms with E-state index >= 15 is 0 Å². The highest BCUT2D eigenvalue weighted by Gasteiger charge is 2.09. The van der Waals surface area contributed by atoms with Crippen LogP contribution in [0.1, 0.15) is 18.9 Å². The molecular formula is C13H19N3OS2. The molecule has 0 bridgehead atoms. The molecule has 0 spiro atoms. The first kappa shape index (κ1) is 14.4. The van der Waals surface area contributed by atoms with E-state index < -0.39 is 10.8 Å². The van der Waals surface area contributed by atoms with Crippen molar-refractivity contribution in [3.63, 3.8) is 0 Å². The Kier molecular flexibility index (Phi) is 5.30. The van der Waals surface area contributed by atoms with E-state index in [-0.39, 0.29) is 5.25 Å². The van der Waals surface area contributed by atoms with E-state index in [1.165, 1.54) is 10.4 Å². The van der Waals surface area contributed by atoms with Gasteiger partial charge >= 0.3 is 0 Å². The maximum Gasteiger partial charge on any atom is 0.0794 e. The number of nitrogens with one attached hydrogen (secondary N) is 2. The molecule has 0 aliphatic carbocycles. The average molecular weight is 297 g/mol. The van der Waals surface area contributed by atoms with Crippen molar-refractivity contribution in [2.24, 2.45) is 0 Å². The molecule has 0 saturated heterocycles. The van der Waals surface area contributed by atoms with Crippen molar-refractivity contribution < 1.29 is 4.21 Å². The summed E-state index contributed by atoms with van der Waals surface area (Å²) in [7, 11) is -0.736. The molecule has 19 heavy (non-hydrogen) atoms. The van der Waals surface area contributed by atoms with Crippen molar-refractivity contribution in [3.8, 4) is 10.6 Å². The highest BCUT2D eigenvalue weighted by atomic mass is 32.2. The number of aromatic amines is 1. The molecular weight excluding hydrogens is 278 g/mol. The van der Waals surface area contributed by atoms with Gasteiger partial charge < -0.3 is 5.32 Å². The predicted octanol–water partition coefficient (Wildman–Crippen LogP) is 2.38. The SMILES string of the molecule is CC(CCNCc1cn[nH]c1-c1cccs1)S(C)=O. The molecule has 0 aliphatic rings. The second-order valence-electron chi connectivity index (χ2n) is 4.52. The van der Waals surface area contributed by atoms with Crippen LogP contribution in [0.2, 0.25) is 0 Å². The van der Waals surface area contributed by atoms with Gasteiger partial charge in [-0.25, -0.2) is 0 Å². The maximum atomic E-state index is 11.2. The minimum absolute atomic E-state index is 0.244. The molecule has 6 heteroatoms. The van der Waals surface area contributed by atoms with Crippen molar-refractivity contribution in [2.45, 2.75) is 25.1 Å². The summed E-state index contributed by atoms with van der Waals surface area (Å²) in [5.41, 5.74) is 2.27. The van der Waals surface area contributed by atoms with Crippen LogP contribution in [-0.4, -0.2) is 32.5 Å². The van der Waals surface area contributed by atoms with Crippen LogP contribution in [-0.2, 0) is 17.3 Å². The van der Waals surface area contributed by atoms with E-state index in [1.54, 1.807) is 17.6 Å². The molecule has 2 rings (SSSR count). The normalized spacial score (nSPS) is 14.4. The molecule has 2 N–H and O–H groups in total. The van der Waals surface area contributed by atoms with Gasteiger partial charge in [0.15, 0.2) is 0 Å². The van der Waals surface area contributed by atoms with Crippen molar-refractivity contribution in [3.05, 3.63) is 29.3 Å². The van der Waals surface area contributed by atoms with Crippen LogP contribution < -0.4 is 5.32 Å². The Balaban J connectivity index is 1.84. The van der Waals surface area contributed by atoms with Crippen LogP contribution in [0.4, 0.5) is 0 Å². The summed E-state index contributed by atoms with van der Waals surface area (Å²) >= 11 is 1.70. The smallest absolute Gasteiger partial charge is 0.0794 e. The van der Waals surface area contributed by atoms with E-state index in [4.69, 9.17) is 0 Å². The van der Waals surface area contributed by atoms with Crippen LogP contribution in [0.25, 0.3) is 10.6 Å². The van der Waals surface area contributed by atoms with Crippen LogP contribution in [0.3, 0.4) is 0 Å². The molecule has 104 valence electrons. The summed E-state index contributed by atoms with van der Waals surface area (Å²) in [6.45, 7) is 3.68. The summed E-state index contributed by atoms with van der Waals surface area (Å²) in [6, 6.07) is 4.13. The predicted molar refractivity (Wildman–Crippen MR) is 81.8 cm³/mol. The van der Waals surface area contributed by atoms with Gasteiger partial charge in [-0.1, -0.05) is 13.0 Å². The first-order valence-electron chi connectivity index (χ1n) is 6.27. The lowest BCUT2D eigenvalue weighted by molar-refractivity contribution is 0.629. The molecule has 4 nitrogen and oxygen atoms in total. The van der Waals surface area contributed by atoms with Gasteiger partial charge in [0.05, 0.1) is 16.8 Å². The van der Waals surface area contributed by atoms with Gasteiger partial charge in [-0.2, -0.15) is 5.10 Å². The Morgan fingerprint density at radius 3 is 3.11 bits per heavy atom. The van der Waals surface area contributed by atoms with Gasteiger partial charge in [0.1, 0.15) is 0 Å². The summed E-state index contributed by atoms with van der Waals surface area (Å²) in [6.07, 6.45) is 4.55. The van der Waals surface area contributed by atoms with Crippen LogP contribution >= 0.6 is 11.3 Å². The van der Waals surface area contributed by atoms with E-state index in [1.807, 2.05) is 19.2 Å². The lowest BCUT2D eigenvalue weighted by Crippen LogP contribution is -2.21. The number of H-pyrrole nitrogens is 1. The fourth-order valence-corrected chi connectivity index (χ4v) is 2.98. The van der Waals surface area contributed by atoms with Crippen LogP contribution in [0.5, 0.6) is 0 Å². The summed E-state index contributed by atoms with van der Waals surface area (Å²) in [5, 5.41) is 12.9. The zero-order valence-corrected chi connectivity index (χ0v) is 12.8. The fourth-order valence-electron chi connectivity index (χ4n) is 1.77. The van der Waals surface area contributed by atoms with Gasteiger partial charge in [0.2, 0.25) is 0 Å². The van der Waals surface area contributed by atoms with Crippen molar-refractivity contribution in [1.29, 1.82) is 0 Å². The topological polar surface area (TPSA) is 57.8 Å². The maximum absolute atomic E-state index is 11.2. The van der Waals surface area contributed by atoms with Crippen molar-refractivity contribution in [1.82, 2.24) is 15.5 Å². The first-order chi connectivity index (χ1) is 9.18. The molecule has 2 aromatic heterocycles. The Morgan fingerprint density at radius 2 is 2.42 bits per heavy atom. The summed E-state index contributed by atoms with van der Waals surface area (Å²) in [5.74, 6) is 0. The number of aromatic nitrogens is 2. The van der Waals surface area contributed by atoms with E-state index in [2.05, 4.69) is 27.0 Å². The molecule has 0 amide bonds. The molecule has 0 aliphatic heterocycles. The molecule has 2 unspecified atom stereocenters. The summed E-state index contributed by atoms with van der Waals surface area (Å²) in [4.78, 5) is 1.21. The monoisotopic (exact) mass is 297 g/mol. The van der Waals surface area contributed by atoms with Crippen molar-refractivity contribution >= 4 is 22.1 Å². The Labute approximate surface area is 120 Å². The van der Waals surface area contributed by atoms with Crippen LogP contribution in [0, 0.1) is 0 Å². The Morgan fingerprint density at radius 1 is 1.58 bits per heavy atom. The standard InChI is InChI=1S/C13H19N3OS2/c1-10(19(2)17)5-6-14-8-11-9-15-16-13(11)12-4-3-7-18-12/h3-4,7,9-10,14H,5-6,8H2,1-2H3,(H,15,16). The van der Waals surface area contributed by atoms with E-state index in [9.17, 15) is 4.21 Å². The second-order valence-corrected chi connectivity index (χ2v) is 7.27. The second kappa shape index (κ2) is 6.98. The molecule has 2 aromatic rings. The molecule has 0 aromatic carbocycles. The molecule has 0 radical (unpaired) electrons. The minimum atomic E-state index is -0.736. The lowest BCUT2D eigenvalue weighted by Gasteiger charge is -2.09. The van der Waals surface area contributed by atoms with Gasteiger partial charge in [-0.3, -0.25) is 9.31 Å². The average Bonchev–Trinajstić information content (AvgIpc) is 3.04. The van der Waals surface area contributed by atoms with Crippen LogP contribution in [0.15, 0.2) is 23.7 Å². The number of hydrogen-bond acceptors (Lipinski definition) is 4. The highest BCUT2D eigenvalue weighted by molar-refractivity contribution is 7.84. The number of nitrogens with zero attached hydrogens (tertiary/aromatic N) is 1. The van der Waals surface area contributed by atoms with Gasteiger partial charge in [0.25, 0.3) is 0 Å². The third-order valence-corrected chi connectivity index (χ3v) is 5.35. The number of rotatable bonds is 7. The largest absolute Gasteiger partial charge is 0.312 e. The van der Waals surface area contributed by atoms with Crippen molar-refractivity contribution in [2.75, 3.05) is 12.8 Å². The molecule has 0 fully saturated rings. The lowest BCUT2D eigenvalue weighted by atomic mass is 10.2. The first-order valence-corrected chi connectivity index (χ1v) is 8.77. The van der Waals surface area contributed by atoms with E-state index in [0.29, 0.717) is 0 Å². The summed E-state index contributed by atoms with van der Waals surface area (Å²) < 4.78 is 11.2. The molecule has 2 atom stereocenters. The molecule has 0 saturated carbocycles. The fraction of sp³-hybridized carbons (Fsp3) is 0.462. The molecule has 2 heterocycles. The quantitative estimate of drug-likeness (QED) is 0.772. The Bertz CT molecular complexity index is 522. The van der Waals surface area contributed by atoms with Gasteiger partial charge in [-0.15, -0.1) is 11.3 Å². The van der Waals surface area contributed by atoms with Gasteiger partial charge in [-0.05, 0) is 24.4 Å². The zero-order valence-electron chi connectivity index (χ0n) is 11.2.